The molecule has 6 heteroatoms. The number of guanidine groups is 1. The minimum Gasteiger partial charge on any atom is -0.361 e. The highest BCUT2D eigenvalue weighted by atomic mass is 127. The molecule has 25 heavy (non-hydrogen) atoms. The summed E-state index contributed by atoms with van der Waals surface area (Å²) >= 11 is 1.90. The molecule has 1 aromatic heterocycles. The molecule has 4 nitrogen and oxygen atoms in total. The number of thioether (sulfide) groups is 1. The first kappa shape index (κ1) is 22.2. The Morgan fingerprint density at radius 1 is 1.24 bits per heavy atom. The highest BCUT2D eigenvalue weighted by Gasteiger charge is 2.05. The second kappa shape index (κ2) is 12.5. The lowest BCUT2D eigenvalue weighted by atomic mass is 10.1. The molecule has 2 rings (SSSR count). The molecule has 0 radical (unpaired) electrons. The molecule has 0 fully saturated rings. The number of rotatable bonds is 9. The van der Waals surface area contributed by atoms with Gasteiger partial charge in [-0.05, 0) is 56.2 Å². The highest BCUT2D eigenvalue weighted by molar-refractivity contribution is 14.0. The van der Waals surface area contributed by atoms with Crippen LogP contribution in [0.5, 0.6) is 0 Å². The van der Waals surface area contributed by atoms with Crippen LogP contribution in [-0.4, -0.2) is 42.6 Å². The lowest BCUT2D eigenvalue weighted by Crippen LogP contribution is -2.38. The fourth-order valence-electron chi connectivity index (χ4n) is 2.78. The fourth-order valence-corrected chi connectivity index (χ4v) is 3.27. The molecule has 1 heterocycles. The third kappa shape index (κ3) is 7.09. The fraction of sp³-hybridized carbons (Fsp3) is 0.526. The van der Waals surface area contributed by atoms with E-state index in [0.29, 0.717) is 0 Å². The van der Waals surface area contributed by atoms with Gasteiger partial charge in [-0.3, -0.25) is 4.99 Å². The molecule has 0 aliphatic rings. The van der Waals surface area contributed by atoms with Gasteiger partial charge in [-0.15, -0.1) is 24.0 Å². The van der Waals surface area contributed by atoms with E-state index in [4.69, 9.17) is 0 Å². The summed E-state index contributed by atoms with van der Waals surface area (Å²) in [5.41, 5.74) is 3.91. The summed E-state index contributed by atoms with van der Waals surface area (Å²) in [6.07, 6.45) is 7.66. The summed E-state index contributed by atoms with van der Waals surface area (Å²) in [5, 5.41) is 8.10. The number of aliphatic imine (C=N–C) groups is 1. The summed E-state index contributed by atoms with van der Waals surface area (Å²) in [5.74, 6) is 2.15. The van der Waals surface area contributed by atoms with Crippen LogP contribution in [0.15, 0.2) is 29.4 Å². The maximum atomic E-state index is 4.66. The monoisotopic (exact) mass is 474 g/mol. The number of hydrogen-bond donors (Lipinski definition) is 3. The smallest absolute Gasteiger partial charge is 0.191 e. The quantitative estimate of drug-likeness (QED) is 0.220. The number of aromatic amines is 1. The lowest BCUT2D eigenvalue weighted by molar-refractivity contribution is 0.771. The van der Waals surface area contributed by atoms with Crippen molar-refractivity contribution in [3.8, 4) is 0 Å². The zero-order chi connectivity index (χ0) is 17.2. The lowest BCUT2D eigenvalue weighted by Gasteiger charge is -2.11. The highest BCUT2D eigenvalue weighted by Crippen LogP contribution is 2.21. The third-order valence-electron chi connectivity index (χ3n) is 4.07. The van der Waals surface area contributed by atoms with Crippen molar-refractivity contribution in [3.05, 3.63) is 35.5 Å². The third-order valence-corrected chi connectivity index (χ3v) is 4.76. The summed E-state index contributed by atoms with van der Waals surface area (Å²) in [6, 6.07) is 6.47. The zero-order valence-corrected chi connectivity index (χ0v) is 18.7. The standard InChI is InChI=1S/C19H30N4S.HI/c1-4-20-19(21-11-5-6-13-24-3)22-12-10-16-14-23-18-15(2)8-7-9-17(16)18;/h7-9,14,23H,4-6,10-13H2,1-3H3,(H2,20,21,22);1H. The molecule has 140 valence electrons. The van der Waals surface area contributed by atoms with Crippen molar-refractivity contribution < 1.29 is 0 Å². The van der Waals surface area contributed by atoms with E-state index in [1.54, 1.807) is 0 Å². The molecule has 0 aliphatic carbocycles. The number of para-hydroxylation sites is 1. The van der Waals surface area contributed by atoms with E-state index < -0.39 is 0 Å². The van der Waals surface area contributed by atoms with Crippen molar-refractivity contribution in [1.29, 1.82) is 0 Å². The molecule has 2 aromatic rings. The Morgan fingerprint density at radius 2 is 2.08 bits per heavy atom. The summed E-state index contributed by atoms with van der Waals surface area (Å²) in [7, 11) is 0. The number of benzene rings is 1. The number of hydrogen-bond acceptors (Lipinski definition) is 2. The molecule has 0 amide bonds. The van der Waals surface area contributed by atoms with E-state index in [0.717, 1.165) is 38.4 Å². The van der Waals surface area contributed by atoms with Crippen LogP contribution in [-0.2, 0) is 6.42 Å². The van der Waals surface area contributed by atoms with Crippen molar-refractivity contribution in [2.24, 2.45) is 4.99 Å². The molecule has 0 atom stereocenters. The van der Waals surface area contributed by atoms with Crippen LogP contribution in [0.2, 0.25) is 0 Å². The van der Waals surface area contributed by atoms with Crippen LogP contribution in [0.25, 0.3) is 10.9 Å². The van der Waals surface area contributed by atoms with Gasteiger partial charge in [-0.25, -0.2) is 0 Å². The Bertz CT molecular complexity index is 654. The van der Waals surface area contributed by atoms with Gasteiger partial charge < -0.3 is 15.6 Å². The molecule has 3 N–H and O–H groups in total. The average molecular weight is 474 g/mol. The first-order valence-corrected chi connectivity index (χ1v) is 10.2. The summed E-state index contributed by atoms with van der Waals surface area (Å²) in [4.78, 5) is 8.06. The van der Waals surface area contributed by atoms with E-state index in [2.05, 4.69) is 65.1 Å². The van der Waals surface area contributed by atoms with Gasteiger partial charge in [0.25, 0.3) is 0 Å². The maximum Gasteiger partial charge on any atom is 0.191 e. The zero-order valence-electron chi connectivity index (χ0n) is 15.5. The number of H-pyrrole nitrogens is 1. The van der Waals surface area contributed by atoms with Gasteiger partial charge in [-0.2, -0.15) is 11.8 Å². The number of nitrogens with one attached hydrogen (secondary N) is 3. The van der Waals surface area contributed by atoms with E-state index in [9.17, 15) is 0 Å². The van der Waals surface area contributed by atoms with Gasteiger partial charge >= 0.3 is 0 Å². The van der Waals surface area contributed by atoms with Crippen molar-refractivity contribution in [2.75, 3.05) is 31.6 Å². The topological polar surface area (TPSA) is 52.2 Å². The van der Waals surface area contributed by atoms with Gasteiger partial charge in [0, 0.05) is 36.7 Å². The van der Waals surface area contributed by atoms with Gasteiger partial charge in [-0.1, -0.05) is 18.2 Å². The van der Waals surface area contributed by atoms with E-state index in [1.165, 1.54) is 34.2 Å². The normalized spacial score (nSPS) is 11.4. The van der Waals surface area contributed by atoms with E-state index >= 15 is 0 Å². The first-order valence-electron chi connectivity index (χ1n) is 8.83. The molecular weight excluding hydrogens is 443 g/mol. The van der Waals surface area contributed by atoms with Crippen LogP contribution >= 0.6 is 35.7 Å². The van der Waals surface area contributed by atoms with E-state index in [1.807, 2.05) is 11.8 Å². The van der Waals surface area contributed by atoms with Gasteiger partial charge in [0.15, 0.2) is 5.96 Å². The van der Waals surface area contributed by atoms with Crippen molar-refractivity contribution >= 4 is 52.6 Å². The average Bonchev–Trinajstić information content (AvgIpc) is 2.99. The van der Waals surface area contributed by atoms with Gasteiger partial charge in [0.05, 0.1) is 0 Å². The second-order valence-electron chi connectivity index (χ2n) is 5.95. The number of unbranched alkanes of at least 4 members (excludes halogenated alkanes) is 1. The van der Waals surface area contributed by atoms with Crippen LogP contribution in [0.1, 0.15) is 30.9 Å². The summed E-state index contributed by atoms with van der Waals surface area (Å²) in [6.45, 7) is 6.92. The van der Waals surface area contributed by atoms with Crippen molar-refractivity contribution in [2.45, 2.75) is 33.1 Å². The molecule has 0 aliphatic heterocycles. The number of fused-ring (bicyclic) bond motifs is 1. The minimum atomic E-state index is 0. The molecule has 0 saturated carbocycles. The SMILES string of the molecule is CCNC(=NCCCCSC)NCCc1c[nH]c2c(C)cccc12.I. The Kier molecular flexibility index (Phi) is 11.0. The summed E-state index contributed by atoms with van der Waals surface area (Å²) < 4.78 is 0. The maximum absolute atomic E-state index is 4.66. The Morgan fingerprint density at radius 3 is 2.84 bits per heavy atom. The first-order chi connectivity index (χ1) is 11.8. The molecular formula is C19H31IN4S. The Hall–Kier alpha value is -0.890. The van der Waals surface area contributed by atoms with Gasteiger partial charge in [0.1, 0.15) is 0 Å². The Balaban J connectivity index is 0.00000312. The van der Waals surface area contributed by atoms with E-state index in [-0.39, 0.29) is 24.0 Å². The molecule has 0 bridgehead atoms. The largest absolute Gasteiger partial charge is 0.361 e. The van der Waals surface area contributed by atoms with Crippen LogP contribution in [0, 0.1) is 6.92 Å². The van der Waals surface area contributed by atoms with Crippen LogP contribution in [0.4, 0.5) is 0 Å². The number of aryl methyl sites for hydroxylation is 1. The molecule has 0 saturated heterocycles. The number of halogens is 1. The minimum absolute atomic E-state index is 0. The predicted molar refractivity (Wildman–Crippen MR) is 124 cm³/mol. The number of nitrogens with zero attached hydrogens (tertiary/aromatic N) is 1. The van der Waals surface area contributed by atoms with Crippen LogP contribution < -0.4 is 10.6 Å². The molecule has 0 unspecified atom stereocenters. The van der Waals surface area contributed by atoms with Gasteiger partial charge in [0.2, 0.25) is 0 Å². The van der Waals surface area contributed by atoms with Crippen LogP contribution in [0.3, 0.4) is 0 Å². The molecule has 0 spiro atoms. The molecule has 1 aromatic carbocycles. The van der Waals surface area contributed by atoms with Crippen molar-refractivity contribution in [1.82, 2.24) is 15.6 Å². The van der Waals surface area contributed by atoms with Crippen molar-refractivity contribution in [3.63, 3.8) is 0 Å². The Labute approximate surface area is 173 Å². The predicted octanol–water partition coefficient (Wildman–Crippen LogP) is 4.34. The second-order valence-corrected chi connectivity index (χ2v) is 6.93. The number of aromatic nitrogens is 1.